The molecule has 0 aromatic heterocycles. The van der Waals surface area contributed by atoms with E-state index >= 15 is 0 Å². The Morgan fingerprint density at radius 3 is 2.56 bits per heavy atom. The van der Waals surface area contributed by atoms with Gasteiger partial charge in [0.15, 0.2) is 11.5 Å². The van der Waals surface area contributed by atoms with E-state index in [0.717, 1.165) is 41.5 Å². The number of ether oxygens (including phenoxy) is 2. The summed E-state index contributed by atoms with van der Waals surface area (Å²) in [4.78, 5) is 0. The average Bonchev–Trinajstić information content (AvgIpc) is 2.39. The quantitative estimate of drug-likeness (QED) is 0.806. The molecule has 1 N–H and O–H groups in total. The number of aryl methyl sites for hydroxylation is 1. The van der Waals surface area contributed by atoms with E-state index in [-0.39, 0.29) is 0 Å². The van der Waals surface area contributed by atoms with Crippen LogP contribution in [0, 0.1) is 0 Å². The summed E-state index contributed by atoms with van der Waals surface area (Å²) in [5, 5.41) is 3.94. The SMILES string of the molecule is CNCCCCCc1cc2c(cc1Cl)OCCO2. The number of benzene rings is 1. The maximum Gasteiger partial charge on any atom is 0.162 e. The molecule has 1 aromatic carbocycles. The van der Waals surface area contributed by atoms with Crippen LogP contribution in [0.25, 0.3) is 0 Å². The van der Waals surface area contributed by atoms with Gasteiger partial charge in [-0.3, -0.25) is 0 Å². The lowest BCUT2D eigenvalue weighted by atomic mass is 10.1. The third-order valence-electron chi connectivity index (χ3n) is 3.08. The van der Waals surface area contributed by atoms with Crippen LogP contribution >= 0.6 is 11.6 Å². The van der Waals surface area contributed by atoms with E-state index in [1.165, 1.54) is 12.8 Å². The molecule has 0 spiro atoms. The molecule has 0 saturated carbocycles. The van der Waals surface area contributed by atoms with E-state index in [9.17, 15) is 0 Å². The van der Waals surface area contributed by atoms with Crippen LogP contribution in [0.2, 0.25) is 5.02 Å². The van der Waals surface area contributed by atoms with Crippen LogP contribution in [0.1, 0.15) is 24.8 Å². The molecule has 0 unspecified atom stereocenters. The molecule has 0 bridgehead atoms. The lowest BCUT2D eigenvalue weighted by Crippen LogP contribution is -2.15. The molecule has 3 nitrogen and oxygen atoms in total. The first kappa shape index (κ1) is 13.5. The number of halogens is 1. The highest BCUT2D eigenvalue weighted by Crippen LogP contribution is 2.35. The normalized spacial score (nSPS) is 13.7. The van der Waals surface area contributed by atoms with Crippen LogP contribution in [0.4, 0.5) is 0 Å². The van der Waals surface area contributed by atoms with Gasteiger partial charge < -0.3 is 14.8 Å². The third-order valence-corrected chi connectivity index (χ3v) is 3.44. The van der Waals surface area contributed by atoms with Crippen LogP contribution in [-0.2, 0) is 6.42 Å². The minimum atomic E-state index is 0.604. The Balaban J connectivity index is 1.91. The van der Waals surface area contributed by atoms with Crippen molar-refractivity contribution in [3.05, 3.63) is 22.7 Å². The first-order valence-corrected chi connectivity index (χ1v) is 6.91. The number of nitrogens with one attached hydrogen (secondary N) is 1. The first-order valence-electron chi connectivity index (χ1n) is 6.54. The maximum atomic E-state index is 6.25. The van der Waals surface area contributed by atoms with Gasteiger partial charge in [0.2, 0.25) is 0 Å². The molecule has 1 aliphatic rings. The lowest BCUT2D eigenvalue weighted by Gasteiger charge is -2.19. The van der Waals surface area contributed by atoms with Gasteiger partial charge in [-0.05, 0) is 44.5 Å². The Morgan fingerprint density at radius 1 is 1.11 bits per heavy atom. The summed E-state index contributed by atoms with van der Waals surface area (Å²) < 4.78 is 11.1. The summed E-state index contributed by atoms with van der Waals surface area (Å²) in [5.41, 5.74) is 1.16. The van der Waals surface area contributed by atoms with Gasteiger partial charge in [-0.1, -0.05) is 18.0 Å². The van der Waals surface area contributed by atoms with Crippen molar-refractivity contribution >= 4 is 11.6 Å². The number of hydrogen-bond acceptors (Lipinski definition) is 3. The standard InChI is InChI=1S/C14H20ClNO2/c1-16-6-4-2-3-5-11-9-13-14(10-12(11)15)18-8-7-17-13/h9-10,16H,2-8H2,1H3. The Morgan fingerprint density at radius 2 is 1.83 bits per heavy atom. The van der Waals surface area contributed by atoms with Gasteiger partial charge in [-0.15, -0.1) is 0 Å². The molecule has 1 heterocycles. The monoisotopic (exact) mass is 269 g/mol. The van der Waals surface area contributed by atoms with Gasteiger partial charge in [0.05, 0.1) is 0 Å². The highest BCUT2D eigenvalue weighted by molar-refractivity contribution is 6.31. The first-order chi connectivity index (χ1) is 8.81. The summed E-state index contributed by atoms with van der Waals surface area (Å²) in [7, 11) is 1.98. The second-order valence-electron chi connectivity index (χ2n) is 4.50. The van der Waals surface area contributed by atoms with Crippen molar-refractivity contribution in [2.24, 2.45) is 0 Å². The Bertz CT molecular complexity index is 396. The fourth-order valence-corrected chi connectivity index (χ4v) is 2.34. The summed E-state index contributed by atoms with van der Waals surface area (Å²) in [6.45, 7) is 2.30. The Hall–Kier alpha value is -0.930. The number of fused-ring (bicyclic) bond motifs is 1. The minimum Gasteiger partial charge on any atom is -0.486 e. The van der Waals surface area contributed by atoms with Crippen molar-refractivity contribution in [2.45, 2.75) is 25.7 Å². The predicted molar refractivity (Wildman–Crippen MR) is 73.9 cm³/mol. The fourth-order valence-electron chi connectivity index (χ4n) is 2.09. The Kier molecular flexibility index (Phi) is 5.14. The zero-order valence-electron chi connectivity index (χ0n) is 10.8. The van der Waals surface area contributed by atoms with E-state index in [1.807, 2.05) is 19.2 Å². The van der Waals surface area contributed by atoms with E-state index in [2.05, 4.69) is 5.32 Å². The van der Waals surface area contributed by atoms with Crippen LogP contribution in [0.3, 0.4) is 0 Å². The molecule has 0 amide bonds. The van der Waals surface area contributed by atoms with Crippen LogP contribution in [0.5, 0.6) is 11.5 Å². The van der Waals surface area contributed by atoms with Gasteiger partial charge in [0, 0.05) is 11.1 Å². The molecule has 0 aliphatic carbocycles. The summed E-state index contributed by atoms with van der Waals surface area (Å²) >= 11 is 6.25. The zero-order valence-corrected chi connectivity index (χ0v) is 11.6. The molecule has 100 valence electrons. The van der Waals surface area contributed by atoms with Crippen molar-refractivity contribution in [3.8, 4) is 11.5 Å². The second-order valence-corrected chi connectivity index (χ2v) is 4.91. The van der Waals surface area contributed by atoms with E-state index < -0.39 is 0 Å². The van der Waals surface area contributed by atoms with Crippen LogP contribution in [0.15, 0.2) is 12.1 Å². The summed E-state index contributed by atoms with van der Waals surface area (Å²) in [5.74, 6) is 1.60. The van der Waals surface area contributed by atoms with Crippen molar-refractivity contribution in [3.63, 3.8) is 0 Å². The molecule has 0 saturated heterocycles. The van der Waals surface area contributed by atoms with E-state index in [4.69, 9.17) is 21.1 Å². The molecule has 18 heavy (non-hydrogen) atoms. The highest BCUT2D eigenvalue weighted by Gasteiger charge is 2.14. The summed E-state index contributed by atoms with van der Waals surface area (Å²) in [6, 6.07) is 3.90. The van der Waals surface area contributed by atoms with Crippen molar-refractivity contribution in [1.82, 2.24) is 5.32 Å². The largest absolute Gasteiger partial charge is 0.486 e. The maximum absolute atomic E-state index is 6.25. The lowest BCUT2D eigenvalue weighted by molar-refractivity contribution is 0.171. The number of hydrogen-bond donors (Lipinski definition) is 1. The fraction of sp³-hybridized carbons (Fsp3) is 0.571. The van der Waals surface area contributed by atoms with Crippen molar-refractivity contribution in [1.29, 1.82) is 0 Å². The Labute approximate surface area is 113 Å². The molecule has 4 heteroatoms. The number of rotatable bonds is 6. The minimum absolute atomic E-state index is 0.604. The molecule has 0 radical (unpaired) electrons. The number of unbranched alkanes of at least 4 members (excludes halogenated alkanes) is 2. The molecular weight excluding hydrogens is 250 g/mol. The molecule has 0 fully saturated rings. The van der Waals surface area contributed by atoms with E-state index in [0.29, 0.717) is 13.2 Å². The third kappa shape index (κ3) is 3.53. The van der Waals surface area contributed by atoms with Crippen LogP contribution < -0.4 is 14.8 Å². The van der Waals surface area contributed by atoms with Gasteiger partial charge in [0.1, 0.15) is 13.2 Å². The molecule has 2 rings (SSSR count). The van der Waals surface area contributed by atoms with Crippen molar-refractivity contribution in [2.75, 3.05) is 26.8 Å². The topological polar surface area (TPSA) is 30.5 Å². The van der Waals surface area contributed by atoms with Crippen molar-refractivity contribution < 1.29 is 9.47 Å². The van der Waals surface area contributed by atoms with Gasteiger partial charge in [-0.2, -0.15) is 0 Å². The molecular formula is C14H20ClNO2. The van der Waals surface area contributed by atoms with Gasteiger partial charge >= 0.3 is 0 Å². The highest BCUT2D eigenvalue weighted by atomic mass is 35.5. The predicted octanol–water partition coefficient (Wildman–Crippen LogP) is 3.04. The van der Waals surface area contributed by atoms with E-state index in [1.54, 1.807) is 0 Å². The molecule has 0 atom stereocenters. The average molecular weight is 270 g/mol. The zero-order chi connectivity index (χ0) is 12.8. The molecule has 1 aromatic rings. The second kappa shape index (κ2) is 6.86. The smallest absolute Gasteiger partial charge is 0.162 e. The molecule has 1 aliphatic heterocycles. The van der Waals surface area contributed by atoms with Crippen LogP contribution in [-0.4, -0.2) is 26.8 Å². The van der Waals surface area contributed by atoms with Gasteiger partial charge in [-0.25, -0.2) is 0 Å². The van der Waals surface area contributed by atoms with Gasteiger partial charge in [0.25, 0.3) is 0 Å². The summed E-state index contributed by atoms with van der Waals surface area (Å²) in [6.07, 6.45) is 4.57.